The summed E-state index contributed by atoms with van der Waals surface area (Å²) in [7, 11) is 0. The van der Waals surface area contributed by atoms with E-state index in [1.807, 2.05) is 5.32 Å². The molecular weight excluding hydrogens is 324 g/mol. The molecule has 23 heavy (non-hydrogen) atoms. The van der Waals surface area contributed by atoms with E-state index in [1.54, 1.807) is 24.3 Å². The lowest BCUT2D eigenvalue weighted by Gasteiger charge is -2.16. The Hall–Kier alpha value is -2.51. The smallest absolute Gasteiger partial charge is 0.351 e. The van der Waals surface area contributed by atoms with E-state index in [1.165, 1.54) is 18.2 Å². The lowest BCUT2D eigenvalue weighted by Crippen LogP contribution is -2.26. The maximum absolute atomic E-state index is 12.9. The summed E-state index contributed by atoms with van der Waals surface area (Å²) >= 11 is 0. The molecule has 0 bridgehead atoms. The van der Waals surface area contributed by atoms with Crippen molar-refractivity contribution in [1.29, 1.82) is 0 Å². The summed E-state index contributed by atoms with van der Waals surface area (Å²) in [5.74, 6) is -2.59. The molecule has 1 N–H and O–H groups in total. The van der Waals surface area contributed by atoms with E-state index in [2.05, 4.69) is 0 Å². The van der Waals surface area contributed by atoms with E-state index in [-0.39, 0.29) is 5.69 Å². The van der Waals surface area contributed by atoms with Gasteiger partial charge in [0.25, 0.3) is 5.78 Å². The molecular formula is C15H9F6NO. The topological polar surface area (TPSA) is 29.1 Å². The lowest BCUT2D eigenvalue weighted by molar-refractivity contribution is -0.165. The lowest BCUT2D eigenvalue weighted by atomic mass is 10.1. The number of alkyl halides is 6. The van der Waals surface area contributed by atoms with Crippen molar-refractivity contribution in [3.8, 4) is 0 Å². The molecule has 0 aliphatic rings. The molecule has 8 heteroatoms. The molecule has 0 amide bonds. The molecule has 0 saturated heterocycles. The highest BCUT2D eigenvalue weighted by Gasteiger charge is 2.41. The fourth-order valence-corrected chi connectivity index (χ4v) is 1.88. The van der Waals surface area contributed by atoms with Gasteiger partial charge >= 0.3 is 12.4 Å². The number of benzene rings is 2. The number of ketones is 1. The first-order valence-corrected chi connectivity index (χ1v) is 6.24. The van der Waals surface area contributed by atoms with E-state index < -0.39 is 29.9 Å². The van der Waals surface area contributed by atoms with Gasteiger partial charge in [-0.1, -0.05) is 36.4 Å². The van der Waals surface area contributed by atoms with Gasteiger partial charge in [0.15, 0.2) is 0 Å². The summed E-state index contributed by atoms with van der Waals surface area (Å²) in [6.45, 7) is 0. The quantitative estimate of drug-likeness (QED) is 0.644. The Balaban J connectivity index is 2.46. The minimum Gasteiger partial charge on any atom is -0.351 e. The van der Waals surface area contributed by atoms with Crippen LogP contribution in [0.1, 0.15) is 0 Å². The first-order chi connectivity index (χ1) is 10.6. The van der Waals surface area contributed by atoms with E-state index >= 15 is 0 Å². The van der Waals surface area contributed by atoms with Crippen molar-refractivity contribution < 1.29 is 31.1 Å². The molecule has 0 atom stereocenters. The Kier molecular flexibility index (Phi) is 4.35. The summed E-state index contributed by atoms with van der Waals surface area (Å²) in [6.07, 6.45) is -11.0. The van der Waals surface area contributed by atoms with Crippen LogP contribution in [0.25, 0.3) is 10.8 Å². The van der Waals surface area contributed by atoms with Gasteiger partial charge in [-0.15, -0.1) is 0 Å². The number of carbonyl (C=O) groups is 1. The van der Waals surface area contributed by atoms with Gasteiger partial charge in [0.1, 0.15) is 5.70 Å². The number of halogens is 6. The third-order valence-electron chi connectivity index (χ3n) is 2.92. The zero-order chi connectivity index (χ0) is 17.3. The molecule has 0 aromatic heterocycles. The predicted octanol–water partition coefficient (Wildman–Crippen LogP) is 4.83. The van der Waals surface area contributed by atoms with Crippen LogP contribution >= 0.6 is 0 Å². The van der Waals surface area contributed by atoms with Gasteiger partial charge in [-0.2, -0.15) is 26.3 Å². The normalized spacial score (nSPS) is 13.2. The van der Waals surface area contributed by atoms with Crippen molar-refractivity contribution >= 4 is 22.2 Å². The molecule has 0 spiro atoms. The second kappa shape index (κ2) is 5.94. The largest absolute Gasteiger partial charge is 0.454 e. The van der Waals surface area contributed by atoms with E-state index in [9.17, 15) is 31.1 Å². The number of nitrogens with one attached hydrogen (secondary N) is 1. The van der Waals surface area contributed by atoms with Crippen LogP contribution in [-0.2, 0) is 4.79 Å². The SMILES string of the molecule is O=C(C=C(Nc1cccc2ccccc12)C(F)(F)F)C(F)(F)F. The summed E-state index contributed by atoms with van der Waals surface area (Å²) in [6, 6.07) is 10.8. The Morgan fingerprint density at radius 1 is 0.870 bits per heavy atom. The minimum atomic E-state index is -5.38. The van der Waals surface area contributed by atoms with Gasteiger partial charge < -0.3 is 5.32 Å². The van der Waals surface area contributed by atoms with E-state index in [0.717, 1.165) is 0 Å². The summed E-state index contributed by atoms with van der Waals surface area (Å²) in [5.41, 5.74) is -1.84. The molecule has 0 saturated carbocycles. The van der Waals surface area contributed by atoms with Crippen LogP contribution in [0.4, 0.5) is 32.0 Å². The molecule has 0 radical (unpaired) electrons. The van der Waals surface area contributed by atoms with Crippen LogP contribution in [0, 0.1) is 0 Å². The molecule has 2 rings (SSSR count). The van der Waals surface area contributed by atoms with Crippen LogP contribution in [-0.4, -0.2) is 18.1 Å². The van der Waals surface area contributed by atoms with Crippen molar-refractivity contribution in [2.45, 2.75) is 12.4 Å². The second-order valence-corrected chi connectivity index (χ2v) is 4.57. The maximum Gasteiger partial charge on any atom is 0.454 e. The number of allylic oxidation sites excluding steroid dienone is 2. The van der Waals surface area contributed by atoms with E-state index in [4.69, 9.17) is 0 Å². The maximum atomic E-state index is 12.9. The molecule has 2 nitrogen and oxygen atoms in total. The van der Waals surface area contributed by atoms with Crippen molar-refractivity contribution in [2.75, 3.05) is 5.32 Å². The van der Waals surface area contributed by atoms with Crippen molar-refractivity contribution in [1.82, 2.24) is 0 Å². The molecule has 0 aliphatic heterocycles. The molecule has 2 aromatic rings. The van der Waals surface area contributed by atoms with Crippen LogP contribution < -0.4 is 5.32 Å². The average molecular weight is 333 g/mol. The van der Waals surface area contributed by atoms with Crippen molar-refractivity contribution in [2.24, 2.45) is 0 Å². The van der Waals surface area contributed by atoms with Gasteiger partial charge in [-0.25, -0.2) is 0 Å². The molecule has 0 fully saturated rings. The summed E-state index contributed by atoms with van der Waals surface area (Å²) in [5, 5.41) is 2.86. The monoisotopic (exact) mass is 333 g/mol. The van der Waals surface area contributed by atoms with Crippen LogP contribution in [0.5, 0.6) is 0 Å². The molecule has 0 heterocycles. The van der Waals surface area contributed by atoms with Crippen LogP contribution in [0.3, 0.4) is 0 Å². The fourth-order valence-electron chi connectivity index (χ4n) is 1.88. The summed E-state index contributed by atoms with van der Waals surface area (Å²) < 4.78 is 75.3. The Labute approximate surface area is 126 Å². The van der Waals surface area contributed by atoms with Gasteiger partial charge in [-0.3, -0.25) is 4.79 Å². The van der Waals surface area contributed by atoms with Gasteiger partial charge in [0, 0.05) is 17.1 Å². The Bertz CT molecular complexity index is 755. The minimum absolute atomic E-state index is 0.0540. The highest BCUT2D eigenvalue weighted by Crippen LogP contribution is 2.31. The average Bonchev–Trinajstić information content (AvgIpc) is 2.44. The third kappa shape index (κ3) is 4.02. The molecule has 0 unspecified atom stereocenters. The number of fused-ring (bicyclic) bond motifs is 1. The van der Waals surface area contributed by atoms with Gasteiger partial charge in [-0.05, 0) is 11.5 Å². The third-order valence-corrected chi connectivity index (χ3v) is 2.92. The Morgan fingerprint density at radius 2 is 1.48 bits per heavy atom. The van der Waals surface area contributed by atoms with E-state index in [0.29, 0.717) is 10.8 Å². The van der Waals surface area contributed by atoms with Crippen LogP contribution in [0.2, 0.25) is 0 Å². The number of carbonyl (C=O) groups excluding carboxylic acids is 1. The van der Waals surface area contributed by atoms with Gasteiger partial charge in [0.2, 0.25) is 0 Å². The van der Waals surface area contributed by atoms with Gasteiger partial charge in [0.05, 0.1) is 0 Å². The molecule has 2 aromatic carbocycles. The first-order valence-electron chi connectivity index (χ1n) is 6.24. The summed E-state index contributed by atoms with van der Waals surface area (Å²) in [4.78, 5) is 10.8. The van der Waals surface area contributed by atoms with Crippen molar-refractivity contribution in [3.63, 3.8) is 0 Å². The predicted molar refractivity (Wildman–Crippen MR) is 72.8 cm³/mol. The zero-order valence-electron chi connectivity index (χ0n) is 11.3. The first kappa shape index (κ1) is 16.9. The highest BCUT2D eigenvalue weighted by molar-refractivity contribution is 5.97. The fraction of sp³-hybridized carbons (Fsp3) is 0.133. The molecule has 122 valence electrons. The number of rotatable bonds is 3. The highest BCUT2D eigenvalue weighted by atomic mass is 19.4. The zero-order valence-corrected chi connectivity index (χ0v) is 11.3. The Morgan fingerprint density at radius 3 is 2.09 bits per heavy atom. The number of hydrogen-bond acceptors (Lipinski definition) is 2. The standard InChI is InChI=1S/C15H9F6NO/c16-14(17,18)12(8-13(23)15(19,20)21)22-11-7-3-5-9-4-1-2-6-10(9)11/h1-8,22H. The molecule has 0 aliphatic carbocycles. The number of hydrogen-bond donors (Lipinski definition) is 1. The van der Waals surface area contributed by atoms with Crippen LogP contribution in [0.15, 0.2) is 54.2 Å². The number of anilines is 1. The van der Waals surface area contributed by atoms with Crippen molar-refractivity contribution in [3.05, 3.63) is 54.2 Å². The second-order valence-electron chi connectivity index (χ2n) is 4.57.